The van der Waals surface area contributed by atoms with Crippen LogP contribution in [-0.2, 0) is 17.7 Å². The summed E-state index contributed by atoms with van der Waals surface area (Å²) in [6, 6.07) is 7.45. The van der Waals surface area contributed by atoms with Crippen LogP contribution in [0, 0.1) is 6.92 Å². The van der Waals surface area contributed by atoms with E-state index < -0.39 is 0 Å². The summed E-state index contributed by atoms with van der Waals surface area (Å²) in [4.78, 5) is 21.6. The number of aromatic nitrogens is 3. The first kappa shape index (κ1) is 19.8. The molecule has 7 nitrogen and oxygen atoms in total. The molecule has 0 aromatic carbocycles. The second-order valence-corrected chi connectivity index (χ2v) is 8.85. The maximum atomic E-state index is 5.35. The van der Waals surface area contributed by atoms with Gasteiger partial charge in [0.1, 0.15) is 11.6 Å². The Hall–Kier alpha value is -2.09. The second kappa shape index (κ2) is 8.57. The summed E-state index contributed by atoms with van der Waals surface area (Å²) in [5.41, 5.74) is 3.74. The van der Waals surface area contributed by atoms with Gasteiger partial charge in [0.25, 0.3) is 0 Å². The zero-order valence-electron chi connectivity index (χ0n) is 18.1. The molecule has 1 atom stereocenters. The minimum atomic E-state index is 0.363. The summed E-state index contributed by atoms with van der Waals surface area (Å²) < 4.78 is 5.35. The summed E-state index contributed by atoms with van der Waals surface area (Å²) in [6.45, 7) is 8.80. The molecule has 0 spiro atoms. The van der Waals surface area contributed by atoms with Gasteiger partial charge in [0.15, 0.2) is 0 Å². The molecular formula is C23H32N6O. The number of nitrogens with zero attached hydrogens (tertiary/aromatic N) is 6. The van der Waals surface area contributed by atoms with Crippen LogP contribution < -0.4 is 4.90 Å². The van der Waals surface area contributed by atoms with Gasteiger partial charge >= 0.3 is 0 Å². The van der Waals surface area contributed by atoms with Gasteiger partial charge in [-0.05, 0) is 44.9 Å². The fourth-order valence-corrected chi connectivity index (χ4v) is 4.99. The number of piperazine rings is 1. The maximum Gasteiger partial charge on any atom is 0.132 e. The van der Waals surface area contributed by atoms with Gasteiger partial charge in [0.05, 0.1) is 36.7 Å². The van der Waals surface area contributed by atoms with Crippen molar-refractivity contribution in [2.75, 3.05) is 51.3 Å². The van der Waals surface area contributed by atoms with E-state index in [2.05, 4.69) is 39.9 Å². The summed E-state index contributed by atoms with van der Waals surface area (Å²) in [5, 5.41) is 0. The third-order valence-corrected chi connectivity index (χ3v) is 6.76. The van der Waals surface area contributed by atoms with Crippen molar-refractivity contribution in [3.63, 3.8) is 0 Å². The van der Waals surface area contributed by atoms with Crippen LogP contribution >= 0.6 is 0 Å². The smallest absolute Gasteiger partial charge is 0.132 e. The monoisotopic (exact) mass is 408 g/mol. The normalized spacial score (nSPS) is 22.8. The molecule has 0 unspecified atom stereocenters. The van der Waals surface area contributed by atoms with Crippen LogP contribution in [0.15, 0.2) is 24.4 Å². The highest BCUT2D eigenvalue weighted by atomic mass is 16.5. The van der Waals surface area contributed by atoms with Crippen molar-refractivity contribution < 1.29 is 4.74 Å². The van der Waals surface area contributed by atoms with Crippen molar-refractivity contribution in [1.29, 1.82) is 0 Å². The summed E-state index contributed by atoms with van der Waals surface area (Å²) >= 11 is 0. The molecule has 0 N–H and O–H groups in total. The molecule has 160 valence electrons. The molecule has 2 saturated heterocycles. The Bertz CT molecular complexity index is 878. The number of ether oxygens (including phenoxy) is 1. The molecule has 7 heteroatoms. The number of fused-ring (bicyclic) bond motifs is 1. The van der Waals surface area contributed by atoms with Gasteiger partial charge in [0, 0.05) is 45.0 Å². The molecule has 0 amide bonds. The molecule has 0 saturated carbocycles. The lowest BCUT2D eigenvalue weighted by atomic mass is 9.91. The van der Waals surface area contributed by atoms with Crippen LogP contribution in [0.25, 0.3) is 0 Å². The van der Waals surface area contributed by atoms with Crippen molar-refractivity contribution in [2.45, 2.75) is 44.8 Å². The Morgan fingerprint density at radius 3 is 2.77 bits per heavy atom. The first-order valence-electron chi connectivity index (χ1n) is 11.2. The zero-order valence-corrected chi connectivity index (χ0v) is 18.1. The Kier molecular flexibility index (Phi) is 5.67. The topological polar surface area (TPSA) is 57.6 Å². The Balaban J connectivity index is 1.27. The molecule has 30 heavy (non-hydrogen) atoms. The number of rotatable bonds is 5. The molecule has 4 heterocycles. The lowest BCUT2D eigenvalue weighted by Gasteiger charge is -2.42. The van der Waals surface area contributed by atoms with E-state index in [1.807, 2.05) is 13.1 Å². The standard InChI is InChI=1S/C23H32N6O/c1-17-25-19(14-27(2)21-7-3-5-18-6-4-8-24-23(18)21)13-22(26-17)29-11-9-28(10-12-29)20-15-30-16-20/h4,6,8,13,20-21H,3,5,7,9-12,14-16H2,1-2H3/t21-/m0/s1. The molecule has 2 aromatic heterocycles. The van der Waals surface area contributed by atoms with E-state index in [-0.39, 0.29) is 0 Å². The predicted molar refractivity (Wildman–Crippen MR) is 117 cm³/mol. The lowest BCUT2D eigenvalue weighted by Crippen LogP contribution is -2.56. The van der Waals surface area contributed by atoms with Crippen LogP contribution in [0.5, 0.6) is 0 Å². The fraction of sp³-hybridized carbons (Fsp3) is 0.609. The van der Waals surface area contributed by atoms with Gasteiger partial charge < -0.3 is 9.64 Å². The van der Waals surface area contributed by atoms with Crippen LogP contribution in [0.2, 0.25) is 0 Å². The molecule has 2 aliphatic heterocycles. The molecule has 2 aromatic rings. The number of hydrogen-bond acceptors (Lipinski definition) is 7. The van der Waals surface area contributed by atoms with Crippen molar-refractivity contribution in [3.8, 4) is 0 Å². The SMILES string of the molecule is Cc1nc(CN(C)[C@H]2CCCc3cccnc32)cc(N2CCN(C3COC3)CC2)n1. The molecule has 1 aliphatic carbocycles. The van der Waals surface area contributed by atoms with E-state index in [4.69, 9.17) is 19.7 Å². The minimum absolute atomic E-state index is 0.363. The van der Waals surface area contributed by atoms with E-state index in [0.717, 1.165) is 76.1 Å². The quantitative estimate of drug-likeness (QED) is 0.752. The molecular weight excluding hydrogens is 376 g/mol. The second-order valence-electron chi connectivity index (χ2n) is 8.85. The Labute approximate surface area is 179 Å². The summed E-state index contributed by atoms with van der Waals surface area (Å²) in [7, 11) is 2.20. The van der Waals surface area contributed by atoms with Gasteiger partial charge in [0.2, 0.25) is 0 Å². The first-order valence-corrected chi connectivity index (χ1v) is 11.2. The van der Waals surface area contributed by atoms with Gasteiger partial charge in [-0.2, -0.15) is 0 Å². The van der Waals surface area contributed by atoms with Crippen molar-refractivity contribution in [2.24, 2.45) is 0 Å². The lowest BCUT2D eigenvalue weighted by molar-refractivity contribution is -0.0661. The van der Waals surface area contributed by atoms with Crippen molar-refractivity contribution in [1.82, 2.24) is 24.8 Å². The van der Waals surface area contributed by atoms with E-state index >= 15 is 0 Å². The largest absolute Gasteiger partial charge is 0.378 e. The van der Waals surface area contributed by atoms with Gasteiger partial charge in [-0.3, -0.25) is 14.8 Å². The van der Waals surface area contributed by atoms with Crippen LogP contribution in [0.4, 0.5) is 5.82 Å². The van der Waals surface area contributed by atoms with Gasteiger partial charge in [-0.1, -0.05) is 6.07 Å². The molecule has 0 bridgehead atoms. The van der Waals surface area contributed by atoms with E-state index in [0.29, 0.717) is 12.1 Å². The molecule has 0 radical (unpaired) electrons. The van der Waals surface area contributed by atoms with E-state index in [1.165, 1.54) is 17.7 Å². The van der Waals surface area contributed by atoms with Crippen molar-refractivity contribution >= 4 is 5.82 Å². The van der Waals surface area contributed by atoms with E-state index in [1.54, 1.807) is 0 Å². The van der Waals surface area contributed by atoms with Crippen molar-refractivity contribution in [3.05, 3.63) is 47.2 Å². The van der Waals surface area contributed by atoms with Crippen LogP contribution in [0.1, 0.15) is 41.7 Å². The van der Waals surface area contributed by atoms with Crippen LogP contribution in [-0.4, -0.2) is 77.2 Å². The summed E-state index contributed by atoms with van der Waals surface area (Å²) in [5.74, 6) is 1.92. The third-order valence-electron chi connectivity index (χ3n) is 6.76. The Morgan fingerprint density at radius 2 is 2.00 bits per heavy atom. The average Bonchev–Trinajstić information content (AvgIpc) is 2.72. The average molecular weight is 409 g/mol. The molecule has 3 aliphatic rings. The Morgan fingerprint density at radius 1 is 1.17 bits per heavy atom. The van der Waals surface area contributed by atoms with E-state index in [9.17, 15) is 0 Å². The first-order chi connectivity index (χ1) is 14.7. The number of pyridine rings is 1. The number of anilines is 1. The van der Waals surface area contributed by atoms with Gasteiger partial charge in [-0.15, -0.1) is 0 Å². The highest BCUT2D eigenvalue weighted by Gasteiger charge is 2.30. The predicted octanol–water partition coefficient (Wildman–Crippen LogP) is 2.21. The third kappa shape index (κ3) is 4.06. The maximum absolute atomic E-state index is 5.35. The fourth-order valence-electron chi connectivity index (χ4n) is 4.99. The van der Waals surface area contributed by atoms with Crippen LogP contribution in [0.3, 0.4) is 0 Å². The number of hydrogen-bond donors (Lipinski definition) is 0. The zero-order chi connectivity index (χ0) is 20.5. The summed E-state index contributed by atoms with van der Waals surface area (Å²) in [6.07, 6.45) is 5.44. The highest BCUT2D eigenvalue weighted by molar-refractivity contribution is 5.40. The van der Waals surface area contributed by atoms with Gasteiger partial charge in [-0.25, -0.2) is 9.97 Å². The highest BCUT2D eigenvalue weighted by Crippen LogP contribution is 2.32. The number of aryl methyl sites for hydroxylation is 2. The minimum Gasteiger partial charge on any atom is -0.378 e. The molecule has 2 fully saturated rings. The molecule has 5 rings (SSSR count).